The Labute approximate surface area is 232 Å². The second-order valence-electron chi connectivity index (χ2n) is 11.3. The van der Waals surface area contributed by atoms with E-state index >= 15 is 0 Å². The van der Waals surface area contributed by atoms with Crippen molar-refractivity contribution >= 4 is 11.9 Å². The topological polar surface area (TPSA) is 91.1 Å². The van der Waals surface area contributed by atoms with Gasteiger partial charge in [0.05, 0.1) is 19.1 Å². The number of carboxylic acid groups (broad SMARTS) is 1. The van der Waals surface area contributed by atoms with Gasteiger partial charge in [-0.25, -0.2) is 4.98 Å². The van der Waals surface area contributed by atoms with E-state index < -0.39 is 11.9 Å². The number of likely N-dealkylation sites (tertiary alicyclic amines) is 1. The van der Waals surface area contributed by atoms with Gasteiger partial charge in [-0.15, -0.1) is 0 Å². The zero-order valence-electron chi connectivity index (χ0n) is 24.0. The predicted molar refractivity (Wildman–Crippen MR) is 151 cm³/mol. The number of unbranched alkanes of at least 4 members (excludes halogenated alkanes) is 1. The van der Waals surface area contributed by atoms with Crippen molar-refractivity contribution in [3.63, 3.8) is 0 Å². The third-order valence-electron chi connectivity index (χ3n) is 8.27. The molecule has 214 valence electrons. The number of imidazole rings is 1. The van der Waals surface area contributed by atoms with Crippen LogP contribution in [0, 0.1) is 5.92 Å². The lowest BCUT2D eigenvalue weighted by Crippen LogP contribution is -2.45. The SMILES string of the molecule is CCCCN(CCCN(C)C)C(=O)CN1C[C@H](c2ccc3c(c2)CCO3)C(C(=O)O)[C@@H]1CCc1nccn1C. The highest BCUT2D eigenvalue weighted by Crippen LogP contribution is 2.41. The Bertz CT molecular complexity index is 1120. The first-order valence-corrected chi connectivity index (χ1v) is 14.4. The van der Waals surface area contributed by atoms with Gasteiger partial charge >= 0.3 is 5.97 Å². The molecule has 1 unspecified atom stereocenters. The highest BCUT2D eigenvalue weighted by atomic mass is 16.5. The molecule has 4 rings (SSSR count). The molecular formula is C30H45N5O4. The molecule has 0 radical (unpaired) electrons. The predicted octanol–water partition coefficient (Wildman–Crippen LogP) is 3.04. The lowest BCUT2D eigenvalue weighted by Gasteiger charge is -2.30. The molecule has 2 aliphatic rings. The number of carboxylic acids is 1. The van der Waals surface area contributed by atoms with Crippen LogP contribution >= 0.6 is 0 Å². The number of carbonyl (C=O) groups is 2. The molecule has 3 heterocycles. The lowest BCUT2D eigenvalue weighted by molar-refractivity contribution is -0.143. The van der Waals surface area contributed by atoms with Gasteiger partial charge in [-0.1, -0.05) is 25.5 Å². The molecule has 1 aromatic heterocycles. The maximum absolute atomic E-state index is 13.7. The van der Waals surface area contributed by atoms with E-state index in [1.54, 1.807) is 6.20 Å². The van der Waals surface area contributed by atoms with Crippen molar-refractivity contribution in [2.24, 2.45) is 13.0 Å². The fourth-order valence-corrected chi connectivity index (χ4v) is 6.10. The smallest absolute Gasteiger partial charge is 0.308 e. The maximum Gasteiger partial charge on any atom is 0.308 e. The lowest BCUT2D eigenvalue weighted by atomic mass is 9.83. The summed E-state index contributed by atoms with van der Waals surface area (Å²) in [4.78, 5) is 37.2. The van der Waals surface area contributed by atoms with E-state index in [0.717, 1.165) is 68.0 Å². The highest BCUT2D eigenvalue weighted by Gasteiger charge is 2.47. The summed E-state index contributed by atoms with van der Waals surface area (Å²) >= 11 is 0. The Balaban J connectivity index is 1.57. The maximum atomic E-state index is 13.7. The third-order valence-corrected chi connectivity index (χ3v) is 8.27. The number of ether oxygens (including phenoxy) is 1. The van der Waals surface area contributed by atoms with Gasteiger partial charge < -0.3 is 24.2 Å². The summed E-state index contributed by atoms with van der Waals surface area (Å²) in [5.41, 5.74) is 2.17. The number of rotatable bonds is 14. The van der Waals surface area contributed by atoms with Crippen molar-refractivity contribution in [1.29, 1.82) is 0 Å². The molecule has 0 bridgehead atoms. The van der Waals surface area contributed by atoms with E-state index in [-0.39, 0.29) is 24.4 Å². The number of nitrogens with zero attached hydrogens (tertiary/aromatic N) is 5. The van der Waals surface area contributed by atoms with Crippen LogP contribution in [0.3, 0.4) is 0 Å². The normalized spacial score (nSPS) is 20.8. The Morgan fingerprint density at radius 1 is 1.18 bits per heavy atom. The molecule has 1 amide bonds. The molecule has 2 aliphatic heterocycles. The minimum atomic E-state index is -0.801. The van der Waals surface area contributed by atoms with Crippen molar-refractivity contribution in [3.05, 3.63) is 47.5 Å². The Hall–Kier alpha value is -2.91. The number of aryl methyl sites for hydroxylation is 2. The van der Waals surface area contributed by atoms with Gasteiger partial charge in [-0.05, 0) is 57.1 Å². The van der Waals surface area contributed by atoms with E-state index in [2.05, 4.69) is 27.8 Å². The molecule has 9 nitrogen and oxygen atoms in total. The van der Waals surface area contributed by atoms with Crippen LogP contribution in [-0.2, 0) is 29.5 Å². The molecular weight excluding hydrogens is 494 g/mol. The van der Waals surface area contributed by atoms with Crippen LogP contribution in [0.2, 0.25) is 0 Å². The number of fused-ring (bicyclic) bond motifs is 1. The van der Waals surface area contributed by atoms with Gasteiger partial charge in [0.2, 0.25) is 5.91 Å². The number of aromatic nitrogens is 2. The minimum absolute atomic E-state index is 0.0938. The second-order valence-corrected chi connectivity index (χ2v) is 11.3. The molecule has 1 aromatic carbocycles. The summed E-state index contributed by atoms with van der Waals surface area (Å²) in [5.74, 6) is 0.325. The highest BCUT2D eigenvalue weighted by molar-refractivity contribution is 5.79. The Kier molecular flexibility index (Phi) is 10.0. The van der Waals surface area contributed by atoms with E-state index in [1.165, 1.54) is 0 Å². The summed E-state index contributed by atoms with van der Waals surface area (Å²) in [6, 6.07) is 5.86. The monoisotopic (exact) mass is 539 g/mol. The van der Waals surface area contributed by atoms with Gasteiger partial charge in [-0.3, -0.25) is 14.5 Å². The molecule has 1 N–H and O–H groups in total. The average Bonchev–Trinajstić information content (AvgIpc) is 3.62. The number of amides is 1. The molecule has 0 spiro atoms. The van der Waals surface area contributed by atoms with Crippen molar-refractivity contribution in [2.75, 3.05) is 53.4 Å². The summed E-state index contributed by atoms with van der Waals surface area (Å²) < 4.78 is 7.67. The van der Waals surface area contributed by atoms with Crippen LogP contribution < -0.4 is 4.74 Å². The average molecular weight is 540 g/mol. The largest absolute Gasteiger partial charge is 0.493 e. The van der Waals surface area contributed by atoms with Crippen LogP contribution in [0.4, 0.5) is 0 Å². The fourth-order valence-electron chi connectivity index (χ4n) is 6.10. The number of aliphatic carboxylic acids is 1. The summed E-state index contributed by atoms with van der Waals surface area (Å²) in [6.45, 7) is 5.99. The van der Waals surface area contributed by atoms with Gasteiger partial charge in [0.1, 0.15) is 11.6 Å². The fraction of sp³-hybridized carbons (Fsp3) is 0.633. The van der Waals surface area contributed by atoms with E-state index in [4.69, 9.17) is 4.74 Å². The first kappa shape index (κ1) is 29.1. The van der Waals surface area contributed by atoms with Crippen molar-refractivity contribution in [2.45, 2.75) is 57.4 Å². The van der Waals surface area contributed by atoms with Crippen LogP contribution in [0.5, 0.6) is 5.75 Å². The van der Waals surface area contributed by atoms with Gasteiger partial charge in [0.15, 0.2) is 0 Å². The molecule has 9 heteroatoms. The second kappa shape index (κ2) is 13.4. The number of benzene rings is 1. The molecule has 2 aromatic rings. The molecule has 0 aliphatic carbocycles. The van der Waals surface area contributed by atoms with Crippen molar-refractivity contribution < 1.29 is 19.4 Å². The van der Waals surface area contributed by atoms with E-state index in [9.17, 15) is 14.7 Å². The zero-order valence-corrected chi connectivity index (χ0v) is 24.0. The van der Waals surface area contributed by atoms with E-state index in [1.807, 2.05) is 48.9 Å². The van der Waals surface area contributed by atoms with Gasteiger partial charge in [-0.2, -0.15) is 0 Å². The molecule has 1 saturated heterocycles. The van der Waals surface area contributed by atoms with Crippen LogP contribution in [0.1, 0.15) is 55.5 Å². The summed E-state index contributed by atoms with van der Waals surface area (Å²) in [6.07, 6.45) is 8.74. The first-order chi connectivity index (χ1) is 18.8. The molecule has 1 fully saturated rings. The number of carbonyl (C=O) groups excluding carboxylic acids is 1. The van der Waals surface area contributed by atoms with Crippen LogP contribution in [0.25, 0.3) is 0 Å². The summed E-state index contributed by atoms with van der Waals surface area (Å²) in [5, 5.41) is 10.5. The van der Waals surface area contributed by atoms with Crippen LogP contribution in [-0.4, -0.2) is 101 Å². The van der Waals surface area contributed by atoms with Crippen molar-refractivity contribution in [3.8, 4) is 5.75 Å². The molecule has 39 heavy (non-hydrogen) atoms. The first-order valence-electron chi connectivity index (χ1n) is 14.4. The van der Waals surface area contributed by atoms with Crippen LogP contribution in [0.15, 0.2) is 30.6 Å². The third kappa shape index (κ3) is 7.19. The number of hydrogen-bond acceptors (Lipinski definition) is 6. The Morgan fingerprint density at radius 3 is 2.67 bits per heavy atom. The number of hydrogen-bond donors (Lipinski definition) is 1. The Morgan fingerprint density at radius 2 is 1.97 bits per heavy atom. The summed E-state index contributed by atoms with van der Waals surface area (Å²) in [7, 11) is 6.06. The van der Waals surface area contributed by atoms with Crippen molar-refractivity contribution in [1.82, 2.24) is 24.3 Å². The van der Waals surface area contributed by atoms with E-state index in [0.29, 0.717) is 26.0 Å². The standard InChI is InChI=1S/C30H45N5O4/c1-5-6-15-34(16-7-14-32(2)3)28(36)21-35-20-24(22-8-10-26-23(19-22)12-18-39-26)29(30(37)38)25(35)9-11-27-31-13-17-33(27)4/h8,10,13,17,19,24-25,29H,5-7,9,11-12,14-16,18,20-21H2,1-4H3,(H,37,38)/t24-,25+,29?/m1/s1. The van der Waals surface area contributed by atoms with Gasteiger partial charge in [0.25, 0.3) is 0 Å². The molecule has 0 saturated carbocycles. The molecule has 3 atom stereocenters. The zero-order chi connectivity index (χ0) is 27.9. The van der Waals surface area contributed by atoms with Gasteiger partial charge in [0, 0.05) is 63.9 Å². The quantitative estimate of drug-likeness (QED) is 0.395. The minimum Gasteiger partial charge on any atom is -0.493 e.